The Hall–Kier alpha value is -0.610. The van der Waals surface area contributed by atoms with Gasteiger partial charge in [-0.15, -0.1) is 0 Å². The molecule has 1 saturated heterocycles. The molecule has 1 atom stereocenters. The quantitative estimate of drug-likeness (QED) is 0.656. The lowest BCUT2D eigenvalue weighted by Crippen LogP contribution is -2.39. The van der Waals surface area contributed by atoms with Crippen LogP contribution in [0.25, 0.3) is 0 Å². The second-order valence-electron chi connectivity index (χ2n) is 4.98. The number of rotatable bonds is 7. The SMILES string of the molecule is CC1CCCCN1CCCNC(=O)CCCN. The minimum absolute atomic E-state index is 0.141. The van der Waals surface area contributed by atoms with Gasteiger partial charge in [-0.3, -0.25) is 4.79 Å². The summed E-state index contributed by atoms with van der Waals surface area (Å²) < 4.78 is 0. The van der Waals surface area contributed by atoms with E-state index in [9.17, 15) is 4.79 Å². The van der Waals surface area contributed by atoms with Gasteiger partial charge in [0, 0.05) is 25.6 Å². The number of carbonyl (C=O) groups is 1. The second kappa shape index (κ2) is 8.48. The molecule has 0 aromatic carbocycles. The zero-order valence-electron chi connectivity index (χ0n) is 11.1. The van der Waals surface area contributed by atoms with Crippen LogP contribution in [0.15, 0.2) is 0 Å². The Bertz CT molecular complexity index is 221. The van der Waals surface area contributed by atoms with Gasteiger partial charge in [-0.25, -0.2) is 0 Å². The van der Waals surface area contributed by atoms with Crippen molar-refractivity contribution >= 4 is 5.91 Å². The summed E-state index contributed by atoms with van der Waals surface area (Å²) in [6.07, 6.45) is 6.42. The van der Waals surface area contributed by atoms with Crippen molar-refractivity contribution in [3.8, 4) is 0 Å². The topological polar surface area (TPSA) is 58.4 Å². The molecule has 3 N–H and O–H groups in total. The number of piperidine rings is 1. The fourth-order valence-electron chi connectivity index (χ4n) is 2.35. The van der Waals surface area contributed by atoms with Crippen molar-refractivity contribution in [3.63, 3.8) is 0 Å². The summed E-state index contributed by atoms with van der Waals surface area (Å²) in [5.41, 5.74) is 5.36. The summed E-state index contributed by atoms with van der Waals surface area (Å²) in [5.74, 6) is 0.141. The fraction of sp³-hybridized carbons (Fsp3) is 0.923. The molecule has 4 heteroatoms. The number of nitrogens with one attached hydrogen (secondary N) is 1. The van der Waals surface area contributed by atoms with Crippen LogP contribution in [0.3, 0.4) is 0 Å². The highest BCUT2D eigenvalue weighted by molar-refractivity contribution is 5.75. The van der Waals surface area contributed by atoms with Gasteiger partial charge in [-0.1, -0.05) is 6.42 Å². The standard InChI is InChI=1S/C13H27N3O/c1-12-6-2-3-10-16(12)11-5-9-15-13(17)7-4-8-14/h12H,2-11,14H2,1H3,(H,15,17). The minimum atomic E-state index is 0.141. The Morgan fingerprint density at radius 1 is 1.41 bits per heavy atom. The number of carbonyl (C=O) groups excluding carboxylic acids is 1. The highest BCUT2D eigenvalue weighted by Gasteiger charge is 2.17. The molecule has 4 nitrogen and oxygen atoms in total. The van der Waals surface area contributed by atoms with E-state index in [1.165, 1.54) is 25.8 Å². The third kappa shape index (κ3) is 6.03. The molecule has 1 fully saturated rings. The van der Waals surface area contributed by atoms with Gasteiger partial charge in [0.05, 0.1) is 0 Å². The zero-order chi connectivity index (χ0) is 12.5. The average molecular weight is 241 g/mol. The lowest BCUT2D eigenvalue weighted by molar-refractivity contribution is -0.121. The molecular formula is C13H27N3O. The summed E-state index contributed by atoms with van der Waals surface area (Å²) >= 11 is 0. The molecule has 1 unspecified atom stereocenters. The van der Waals surface area contributed by atoms with Crippen LogP contribution in [-0.4, -0.2) is 43.0 Å². The number of amides is 1. The molecule has 0 radical (unpaired) electrons. The van der Waals surface area contributed by atoms with E-state index >= 15 is 0 Å². The van der Waals surface area contributed by atoms with Gasteiger partial charge in [0.15, 0.2) is 0 Å². The summed E-state index contributed by atoms with van der Waals surface area (Å²) in [4.78, 5) is 13.9. The van der Waals surface area contributed by atoms with Gasteiger partial charge in [0.1, 0.15) is 0 Å². The Morgan fingerprint density at radius 3 is 2.94 bits per heavy atom. The smallest absolute Gasteiger partial charge is 0.220 e. The van der Waals surface area contributed by atoms with Crippen LogP contribution in [0.4, 0.5) is 0 Å². The predicted octanol–water partition coefficient (Wildman–Crippen LogP) is 1.11. The van der Waals surface area contributed by atoms with Gasteiger partial charge >= 0.3 is 0 Å². The van der Waals surface area contributed by atoms with Gasteiger partial charge < -0.3 is 16.0 Å². The Balaban J connectivity index is 2.01. The molecule has 0 aromatic heterocycles. The summed E-state index contributed by atoms with van der Waals surface area (Å²) in [5, 5.41) is 2.95. The van der Waals surface area contributed by atoms with Crippen molar-refractivity contribution in [3.05, 3.63) is 0 Å². The first kappa shape index (κ1) is 14.5. The van der Waals surface area contributed by atoms with E-state index in [1.54, 1.807) is 0 Å². The minimum Gasteiger partial charge on any atom is -0.356 e. The van der Waals surface area contributed by atoms with E-state index in [4.69, 9.17) is 5.73 Å². The lowest BCUT2D eigenvalue weighted by atomic mass is 10.0. The van der Waals surface area contributed by atoms with Crippen LogP contribution in [0.2, 0.25) is 0 Å². The maximum atomic E-state index is 11.3. The molecule has 0 saturated carbocycles. The normalized spacial score (nSPS) is 21.4. The van der Waals surface area contributed by atoms with Crippen molar-refractivity contribution in [1.82, 2.24) is 10.2 Å². The number of hydrogen-bond donors (Lipinski definition) is 2. The Morgan fingerprint density at radius 2 is 2.24 bits per heavy atom. The van der Waals surface area contributed by atoms with Crippen LogP contribution in [0.5, 0.6) is 0 Å². The number of nitrogens with zero attached hydrogens (tertiary/aromatic N) is 1. The summed E-state index contributed by atoms with van der Waals surface area (Å²) in [6.45, 7) is 6.03. The number of likely N-dealkylation sites (tertiary alicyclic amines) is 1. The molecule has 1 heterocycles. The third-order valence-corrected chi connectivity index (χ3v) is 3.49. The monoisotopic (exact) mass is 241 g/mol. The largest absolute Gasteiger partial charge is 0.356 e. The van der Waals surface area contributed by atoms with Crippen LogP contribution < -0.4 is 11.1 Å². The van der Waals surface area contributed by atoms with Crippen molar-refractivity contribution in [2.45, 2.75) is 51.5 Å². The van der Waals surface area contributed by atoms with E-state index in [-0.39, 0.29) is 5.91 Å². The molecule has 1 rings (SSSR count). The molecule has 0 aliphatic carbocycles. The van der Waals surface area contributed by atoms with Crippen LogP contribution in [0, 0.1) is 0 Å². The summed E-state index contributed by atoms with van der Waals surface area (Å²) in [6, 6.07) is 0.719. The highest BCUT2D eigenvalue weighted by atomic mass is 16.1. The maximum absolute atomic E-state index is 11.3. The molecule has 0 aromatic rings. The van der Waals surface area contributed by atoms with E-state index < -0.39 is 0 Å². The van der Waals surface area contributed by atoms with Gasteiger partial charge in [-0.05, 0) is 45.7 Å². The maximum Gasteiger partial charge on any atom is 0.220 e. The molecule has 0 bridgehead atoms. The van der Waals surface area contributed by atoms with Crippen molar-refractivity contribution < 1.29 is 4.79 Å². The van der Waals surface area contributed by atoms with E-state index in [0.717, 1.165) is 32.0 Å². The number of hydrogen-bond acceptors (Lipinski definition) is 3. The van der Waals surface area contributed by atoms with Crippen LogP contribution in [0.1, 0.15) is 45.4 Å². The first-order valence-corrected chi connectivity index (χ1v) is 6.95. The molecule has 1 aliphatic rings. The van der Waals surface area contributed by atoms with Gasteiger partial charge in [0.2, 0.25) is 5.91 Å². The number of nitrogens with two attached hydrogens (primary N) is 1. The molecule has 100 valence electrons. The molecule has 1 amide bonds. The molecule has 0 spiro atoms. The van der Waals surface area contributed by atoms with E-state index in [1.807, 2.05) is 0 Å². The fourth-order valence-corrected chi connectivity index (χ4v) is 2.35. The average Bonchev–Trinajstić information content (AvgIpc) is 2.34. The van der Waals surface area contributed by atoms with E-state index in [0.29, 0.717) is 13.0 Å². The molecular weight excluding hydrogens is 214 g/mol. The summed E-state index contributed by atoms with van der Waals surface area (Å²) in [7, 11) is 0. The predicted molar refractivity (Wildman–Crippen MR) is 70.8 cm³/mol. The first-order chi connectivity index (χ1) is 8.24. The van der Waals surface area contributed by atoms with E-state index in [2.05, 4.69) is 17.1 Å². The lowest BCUT2D eigenvalue weighted by Gasteiger charge is -2.33. The van der Waals surface area contributed by atoms with Crippen LogP contribution >= 0.6 is 0 Å². The Kier molecular flexibility index (Phi) is 7.21. The van der Waals surface area contributed by atoms with Gasteiger partial charge in [-0.2, -0.15) is 0 Å². The second-order valence-corrected chi connectivity index (χ2v) is 4.98. The third-order valence-electron chi connectivity index (χ3n) is 3.49. The molecule has 1 aliphatic heterocycles. The zero-order valence-corrected chi connectivity index (χ0v) is 11.1. The van der Waals surface area contributed by atoms with Gasteiger partial charge in [0.25, 0.3) is 0 Å². The van der Waals surface area contributed by atoms with Crippen molar-refractivity contribution in [1.29, 1.82) is 0 Å². The molecule has 17 heavy (non-hydrogen) atoms. The van der Waals surface area contributed by atoms with Crippen molar-refractivity contribution in [2.75, 3.05) is 26.2 Å². The first-order valence-electron chi connectivity index (χ1n) is 6.95. The Labute approximate surface area is 105 Å². The van der Waals surface area contributed by atoms with Crippen molar-refractivity contribution in [2.24, 2.45) is 5.73 Å². The van der Waals surface area contributed by atoms with Crippen LogP contribution in [-0.2, 0) is 4.79 Å². The highest BCUT2D eigenvalue weighted by Crippen LogP contribution is 2.15.